The van der Waals surface area contributed by atoms with E-state index < -0.39 is 0 Å². The maximum absolute atomic E-state index is 5.94. The Kier molecular flexibility index (Phi) is 6.68. The van der Waals surface area contributed by atoms with Crippen LogP contribution < -0.4 is 21.5 Å². The largest absolute Gasteiger partial charge is 0.494 e. The van der Waals surface area contributed by atoms with Crippen LogP contribution in [0.5, 0.6) is 5.75 Å². The minimum Gasteiger partial charge on any atom is -0.494 e. The lowest BCUT2D eigenvalue weighted by molar-refractivity contribution is 0.309. The maximum atomic E-state index is 5.94. The summed E-state index contributed by atoms with van der Waals surface area (Å²) in [7, 11) is 0. The molecule has 1 heterocycles. The van der Waals surface area contributed by atoms with Crippen LogP contribution in [-0.2, 0) is 0 Å². The van der Waals surface area contributed by atoms with Gasteiger partial charge in [-0.05, 0) is 55.1 Å². The lowest BCUT2D eigenvalue weighted by atomic mass is 10.1. The Morgan fingerprint density at radius 1 is 1.14 bits per heavy atom. The Morgan fingerprint density at radius 2 is 1.90 bits per heavy atom. The summed E-state index contributed by atoms with van der Waals surface area (Å²) in [5.41, 5.74) is 13.1. The Bertz CT molecular complexity index is 1020. The van der Waals surface area contributed by atoms with Crippen LogP contribution in [-0.4, -0.2) is 17.4 Å². The fraction of sp³-hybridized carbons (Fsp3) is 0.217. The number of nitrogens with one attached hydrogen (secondary N) is 1. The van der Waals surface area contributed by atoms with Crippen LogP contribution in [0.2, 0.25) is 0 Å². The lowest BCUT2D eigenvalue weighted by Gasteiger charge is -2.11. The number of ether oxygens (including phenoxy) is 1. The van der Waals surface area contributed by atoms with Gasteiger partial charge in [-0.2, -0.15) is 0 Å². The summed E-state index contributed by atoms with van der Waals surface area (Å²) in [4.78, 5) is 9.02. The fourth-order valence-corrected chi connectivity index (χ4v) is 2.84. The molecule has 0 bridgehead atoms. The zero-order valence-corrected chi connectivity index (χ0v) is 16.9. The molecule has 6 heteroatoms. The molecule has 6 nitrogen and oxygen atoms in total. The number of hydrogen-bond donors (Lipinski definition) is 3. The van der Waals surface area contributed by atoms with Gasteiger partial charge in [-0.15, -0.1) is 0 Å². The van der Waals surface area contributed by atoms with Crippen LogP contribution in [0.3, 0.4) is 0 Å². The SMILES string of the molecule is CCCCOc1ccc(Nc2nc(/N=C(N)\C=C(\C)N)cc3ccccc23)cc1. The van der Waals surface area contributed by atoms with E-state index in [1.54, 1.807) is 13.0 Å². The van der Waals surface area contributed by atoms with Gasteiger partial charge in [0, 0.05) is 16.8 Å². The molecule has 0 atom stereocenters. The quantitative estimate of drug-likeness (QED) is 0.286. The molecule has 0 fully saturated rings. The number of rotatable bonds is 8. The summed E-state index contributed by atoms with van der Waals surface area (Å²) in [6.07, 6.45) is 3.77. The lowest BCUT2D eigenvalue weighted by Crippen LogP contribution is -2.10. The topological polar surface area (TPSA) is 98.5 Å². The van der Waals surface area contributed by atoms with Crippen molar-refractivity contribution in [2.45, 2.75) is 26.7 Å². The average Bonchev–Trinajstić information content (AvgIpc) is 2.69. The number of nitrogens with two attached hydrogens (primary N) is 2. The van der Waals surface area contributed by atoms with E-state index in [0.29, 0.717) is 23.2 Å². The standard InChI is InChI=1S/C23H27N5O/c1-3-4-13-29-19-11-9-18(10-12-19)26-23-20-8-6-5-7-17(20)15-22(28-23)27-21(25)14-16(2)24/h5-12,14-15H,3-4,13,24H2,1-2H3,(H3,25,26,27,28)/b16-14-. The monoisotopic (exact) mass is 389 g/mol. The van der Waals surface area contributed by atoms with Gasteiger partial charge in [-0.3, -0.25) is 0 Å². The molecule has 0 amide bonds. The smallest absolute Gasteiger partial charge is 0.157 e. The zero-order valence-electron chi connectivity index (χ0n) is 16.9. The van der Waals surface area contributed by atoms with E-state index >= 15 is 0 Å². The van der Waals surface area contributed by atoms with Crippen molar-refractivity contribution in [1.29, 1.82) is 0 Å². The third kappa shape index (κ3) is 5.72. The molecule has 0 saturated carbocycles. The highest BCUT2D eigenvalue weighted by molar-refractivity contribution is 5.97. The summed E-state index contributed by atoms with van der Waals surface area (Å²) < 4.78 is 5.73. The van der Waals surface area contributed by atoms with E-state index in [1.807, 2.05) is 54.6 Å². The van der Waals surface area contributed by atoms with Gasteiger partial charge in [0.1, 0.15) is 17.4 Å². The normalized spacial score (nSPS) is 12.2. The number of benzene rings is 2. The summed E-state index contributed by atoms with van der Waals surface area (Å²) in [5, 5.41) is 5.40. The van der Waals surface area contributed by atoms with Gasteiger partial charge < -0.3 is 21.5 Å². The first-order valence-electron chi connectivity index (χ1n) is 9.73. The second-order valence-corrected chi connectivity index (χ2v) is 6.83. The van der Waals surface area contributed by atoms with Crippen molar-refractivity contribution in [3.63, 3.8) is 0 Å². The molecule has 0 spiro atoms. The molecular weight excluding hydrogens is 362 g/mol. The molecule has 3 aromatic rings. The Balaban J connectivity index is 1.89. The fourth-order valence-electron chi connectivity index (χ4n) is 2.84. The summed E-state index contributed by atoms with van der Waals surface area (Å²) in [6, 6.07) is 17.8. The predicted molar refractivity (Wildman–Crippen MR) is 121 cm³/mol. The van der Waals surface area contributed by atoms with E-state index in [1.165, 1.54) is 0 Å². The number of nitrogens with zero attached hydrogens (tertiary/aromatic N) is 2. The van der Waals surface area contributed by atoms with Crippen molar-refractivity contribution in [3.05, 3.63) is 66.4 Å². The molecule has 0 aliphatic carbocycles. The summed E-state index contributed by atoms with van der Waals surface area (Å²) in [5.74, 6) is 2.40. The van der Waals surface area contributed by atoms with Gasteiger partial charge in [0.2, 0.25) is 0 Å². The molecule has 0 aliphatic rings. The van der Waals surface area contributed by atoms with Crippen LogP contribution in [0.25, 0.3) is 10.8 Å². The van der Waals surface area contributed by atoms with Crippen molar-refractivity contribution in [3.8, 4) is 5.75 Å². The molecule has 0 unspecified atom stereocenters. The number of aromatic nitrogens is 1. The molecule has 29 heavy (non-hydrogen) atoms. The van der Waals surface area contributed by atoms with Gasteiger partial charge in [0.05, 0.1) is 6.61 Å². The highest BCUT2D eigenvalue weighted by Crippen LogP contribution is 2.29. The Morgan fingerprint density at radius 3 is 2.62 bits per heavy atom. The molecule has 5 N–H and O–H groups in total. The van der Waals surface area contributed by atoms with E-state index in [0.717, 1.165) is 41.7 Å². The van der Waals surface area contributed by atoms with Crippen LogP contribution >= 0.6 is 0 Å². The molecule has 0 radical (unpaired) electrons. The molecule has 1 aromatic heterocycles. The minimum atomic E-state index is 0.312. The third-order valence-electron chi connectivity index (χ3n) is 4.23. The number of unbranched alkanes of at least 4 members (excludes halogenated alkanes) is 1. The number of hydrogen-bond acceptors (Lipinski definition) is 5. The van der Waals surface area contributed by atoms with Gasteiger partial charge in [-0.1, -0.05) is 37.6 Å². The molecule has 0 aliphatic heterocycles. The highest BCUT2D eigenvalue weighted by atomic mass is 16.5. The van der Waals surface area contributed by atoms with Crippen molar-refractivity contribution in [2.24, 2.45) is 16.5 Å². The number of pyridine rings is 1. The molecular formula is C23H27N5O. The van der Waals surface area contributed by atoms with Gasteiger partial charge in [0.15, 0.2) is 5.82 Å². The average molecular weight is 390 g/mol. The molecule has 3 rings (SSSR count). The van der Waals surface area contributed by atoms with E-state index in [-0.39, 0.29) is 0 Å². The molecule has 2 aromatic carbocycles. The van der Waals surface area contributed by atoms with Crippen molar-refractivity contribution in [2.75, 3.05) is 11.9 Å². The number of anilines is 2. The van der Waals surface area contributed by atoms with Crippen molar-refractivity contribution >= 4 is 33.9 Å². The number of allylic oxidation sites excluding steroid dienone is 1. The maximum Gasteiger partial charge on any atom is 0.157 e. The first kappa shape index (κ1) is 20.2. The predicted octanol–water partition coefficient (Wildman–Crippen LogP) is 5.01. The van der Waals surface area contributed by atoms with Crippen LogP contribution in [0, 0.1) is 0 Å². The van der Waals surface area contributed by atoms with Gasteiger partial charge in [0.25, 0.3) is 0 Å². The zero-order chi connectivity index (χ0) is 20.6. The second-order valence-electron chi connectivity index (χ2n) is 6.83. The van der Waals surface area contributed by atoms with Crippen molar-refractivity contribution < 1.29 is 4.74 Å². The van der Waals surface area contributed by atoms with Crippen LogP contribution in [0.15, 0.2) is 71.4 Å². The van der Waals surface area contributed by atoms with Gasteiger partial charge in [-0.25, -0.2) is 9.98 Å². The number of fused-ring (bicyclic) bond motifs is 1. The summed E-state index contributed by atoms with van der Waals surface area (Å²) in [6.45, 7) is 4.64. The van der Waals surface area contributed by atoms with Crippen LogP contribution in [0.1, 0.15) is 26.7 Å². The van der Waals surface area contributed by atoms with Gasteiger partial charge >= 0.3 is 0 Å². The van der Waals surface area contributed by atoms with E-state index in [9.17, 15) is 0 Å². The third-order valence-corrected chi connectivity index (χ3v) is 4.23. The van der Waals surface area contributed by atoms with Crippen LogP contribution in [0.4, 0.5) is 17.3 Å². The number of amidine groups is 1. The first-order chi connectivity index (χ1) is 14.0. The number of aliphatic imine (C=N–C) groups is 1. The Hall–Kier alpha value is -3.54. The first-order valence-corrected chi connectivity index (χ1v) is 9.73. The Labute approximate surface area is 171 Å². The summed E-state index contributed by atoms with van der Waals surface area (Å²) >= 11 is 0. The highest BCUT2D eigenvalue weighted by Gasteiger charge is 2.07. The van der Waals surface area contributed by atoms with E-state index in [2.05, 4.69) is 22.2 Å². The molecule has 150 valence electrons. The minimum absolute atomic E-state index is 0.312. The van der Waals surface area contributed by atoms with E-state index in [4.69, 9.17) is 16.2 Å². The second kappa shape index (κ2) is 9.59. The molecule has 0 saturated heterocycles. The van der Waals surface area contributed by atoms with Crippen molar-refractivity contribution in [1.82, 2.24) is 4.98 Å².